The predicted molar refractivity (Wildman–Crippen MR) is 76.0 cm³/mol. The predicted octanol–water partition coefficient (Wildman–Crippen LogP) is 1.98. The molecule has 0 saturated carbocycles. The van der Waals surface area contributed by atoms with E-state index in [4.69, 9.17) is 9.31 Å². The fraction of sp³-hybridized carbons (Fsp3) is 0.500. The maximum atomic E-state index is 13.3. The molecular formula is C14H17BF3NO3. The van der Waals surface area contributed by atoms with Crippen molar-refractivity contribution < 1.29 is 27.3 Å². The minimum absolute atomic E-state index is 0.0461. The number of benzene rings is 1. The summed E-state index contributed by atoms with van der Waals surface area (Å²) in [4.78, 5) is 11.7. The second-order valence-electron chi connectivity index (χ2n) is 5.68. The minimum Gasteiger partial charge on any atom is -0.404 e. The number of carbonyl (C=O) groups excluding carboxylic acids is 1. The van der Waals surface area contributed by atoms with Crippen molar-refractivity contribution in [2.24, 2.45) is 0 Å². The summed E-state index contributed by atoms with van der Waals surface area (Å²) in [5.41, 5.74) is -1.73. The molecule has 0 aromatic heterocycles. The smallest absolute Gasteiger partial charge is 0.404 e. The summed E-state index contributed by atoms with van der Waals surface area (Å²) in [5, 5.41) is 2.47. The molecule has 1 aliphatic rings. The molecule has 0 radical (unpaired) electrons. The van der Waals surface area contributed by atoms with E-state index < -0.39 is 30.4 Å². The number of amides is 1. The van der Waals surface area contributed by atoms with Crippen molar-refractivity contribution in [3.63, 3.8) is 0 Å². The van der Waals surface area contributed by atoms with Crippen LogP contribution in [-0.4, -0.2) is 31.8 Å². The van der Waals surface area contributed by atoms with Crippen LogP contribution >= 0.6 is 0 Å². The lowest BCUT2D eigenvalue weighted by Crippen LogP contribution is -2.39. The molecule has 1 fully saturated rings. The third kappa shape index (κ3) is 3.62. The maximum Gasteiger partial charge on any atom is 0.495 e. The van der Waals surface area contributed by atoms with Crippen LogP contribution in [0.2, 0.25) is 0 Å². The van der Waals surface area contributed by atoms with Crippen molar-refractivity contribution in [3.05, 3.63) is 29.3 Å². The van der Waals surface area contributed by atoms with Crippen molar-refractivity contribution in [2.45, 2.75) is 32.5 Å². The molecule has 1 amide bonds. The molecule has 0 unspecified atom stereocenters. The van der Waals surface area contributed by atoms with Crippen molar-refractivity contribution in [1.29, 1.82) is 0 Å². The minimum atomic E-state index is -4.60. The number of rotatable bonds is 3. The van der Waals surface area contributed by atoms with Gasteiger partial charge in [0.2, 0.25) is 0 Å². The van der Waals surface area contributed by atoms with Crippen LogP contribution in [0.4, 0.5) is 13.2 Å². The Labute approximate surface area is 127 Å². The molecule has 0 aliphatic carbocycles. The maximum absolute atomic E-state index is 13.3. The highest BCUT2D eigenvalue weighted by atomic mass is 19.4. The highest BCUT2D eigenvalue weighted by Gasteiger charge is 2.44. The van der Waals surface area contributed by atoms with E-state index >= 15 is 0 Å². The van der Waals surface area contributed by atoms with Crippen LogP contribution in [-0.2, 0) is 15.5 Å². The molecule has 0 spiro atoms. The Balaban J connectivity index is 2.40. The average molecular weight is 315 g/mol. The summed E-state index contributed by atoms with van der Waals surface area (Å²) < 4.78 is 50.7. The first-order valence-corrected chi connectivity index (χ1v) is 6.93. The van der Waals surface area contributed by atoms with Crippen LogP contribution in [0, 0.1) is 0 Å². The van der Waals surface area contributed by atoms with Crippen LogP contribution in [0.25, 0.3) is 0 Å². The van der Waals surface area contributed by atoms with Gasteiger partial charge in [-0.2, -0.15) is 13.2 Å². The Morgan fingerprint density at radius 3 is 2.59 bits per heavy atom. The number of hydrogen-bond acceptors (Lipinski definition) is 3. The van der Waals surface area contributed by atoms with Crippen molar-refractivity contribution in [3.8, 4) is 0 Å². The monoisotopic (exact) mass is 315 g/mol. The van der Waals surface area contributed by atoms with Gasteiger partial charge >= 0.3 is 13.3 Å². The Kier molecular flexibility index (Phi) is 4.53. The van der Waals surface area contributed by atoms with Crippen LogP contribution < -0.4 is 10.8 Å². The molecule has 120 valence electrons. The lowest BCUT2D eigenvalue weighted by Gasteiger charge is -2.18. The van der Waals surface area contributed by atoms with Gasteiger partial charge in [-0.25, -0.2) is 0 Å². The molecule has 8 heteroatoms. The summed E-state index contributed by atoms with van der Waals surface area (Å²) in [7, 11) is -1.09. The third-order valence-electron chi connectivity index (χ3n) is 3.22. The molecule has 1 aromatic carbocycles. The highest BCUT2D eigenvalue weighted by molar-refractivity contribution is 6.62. The van der Waals surface area contributed by atoms with E-state index in [-0.39, 0.29) is 17.6 Å². The molecule has 1 N–H and O–H groups in total. The molecule has 4 nitrogen and oxygen atoms in total. The molecule has 2 rings (SSSR count). The molecule has 1 heterocycles. The first-order valence-electron chi connectivity index (χ1n) is 6.93. The summed E-state index contributed by atoms with van der Waals surface area (Å²) in [6, 6.07) is 3.41. The first kappa shape index (κ1) is 16.8. The van der Waals surface area contributed by atoms with E-state index in [1.165, 1.54) is 12.1 Å². The number of halogens is 3. The van der Waals surface area contributed by atoms with E-state index in [1.54, 1.807) is 20.8 Å². The van der Waals surface area contributed by atoms with E-state index in [2.05, 4.69) is 5.32 Å². The van der Waals surface area contributed by atoms with Gasteiger partial charge in [-0.1, -0.05) is 6.07 Å². The Hall–Kier alpha value is -1.54. The van der Waals surface area contributed by atoms with E-state index in [0.29, 0.717) is 6.54 Å². The van der Waals surface area contributed by atoms with Crippen molar-refractivity contribution in [1.82, 2.24) is 5.32 Å². The van der Waals surface area contributed by atoms with Crippen LogP contribution in [0.1, 0.15) is 36.7 Å². The quantitative estimate of drug-likeness (QED) is 0.868. The lowest BCUT2D eigenvalue weighted by molar-refractivity contribution is -0.136. The number of nitrogens with one attached hydrogen (secondary N) is 1. The van der Waals surface area contributed by atoms with Gasteiger partial charge in [0.05, 0.1) is 17.8 Å². The van der Waals surface area contributed by atoms with Gasteiger partial charge < -0.3 is 14.6 Å². The number of carbonyl (C=O) groups is 1. The molecule has 0 bridgehead atoms. The Bertz CT molecular complexity index is 575. The summed E-state index contributed by atoms with van der Waals surface area (Å²) >= 11 is 0. The first-order chi connectivity index (χ1) is 10.1. The topological polar surface area (TPSA) is 47.6 Å². The van der Waals surface area contributed by atoms with Crippen molar-refractivity contribution >= 4 is 18.5 Å². The fourth-order valence-corrected chi connectivity index (χ4v) is 2.20. The van der Waals surface area contributed by atoms with E-state index in [1.807, 2.05) is 0 Å². The largest absolute Gasteiger partial charge is 0.495 e. The van der Waals surface area contributed by atoms with Gasteiger partial charge in [-0.15, -0.1) is 0 Å². The summed E-state index contributed by atoms with van der Waals surface area (Å²) in [5.74, 6) is -0.548. The van der Waals surface area contributed by atoms with Crippen LogP contribution in [0.5, 0.6) is 0 Å². The SMILES string of the molecule is CCNC(=O)c1ccc(B2OCC(C)(C)O2)c(C(F)(F)F)c1. The Morgan fingerprint density at radius 1 is 1.41 bits per heavy atom. The molecule has 0 atom stereocenters. The summed E-state index contributed by atoms with van der Waals surface area (Å²) in [6.07, 6.45) is -4.60. The Morgan fingerprint density at radius 2 is 2.09 bits per heavy atom. The van der Waals surface area contributed by atoms with Gasteiger partial charge in [0.1, 0.15) is 0 Å². The van der Waals surface area contributed by atoms with E-state index in [9.17, 15) is 18.0 Å². The second-order valence-corrected chi connectivity index (χ2v) is 5.68. The van der Waals surface area contributed by atoms with Gasteiger partial charge in [0.15, 0.2) is 0 Å². The zero-order valence-electron chi connectivity index (χ0n) is 12.6. The second kappa shape index (κ2) is 5.93. The van der Waals surface area contributed by atoms with Crippen molar-refractivity contribution in [2.75, 3.05) is 13.2 Å². The molecule has 1 saturated heterocycles. The van der Waals surface area contributed by atoms with Gasteiger partial charge in [0, 0.05) is 12.1 Å². The number of alkyl halides is 3. The zero-order chi connectivity index (χ0) is 16.5. The van der Waals surface area contributed by atoms with Gasteiger partial charge in [-0.3, -0.25) is 4.79 Å². The standard InChI is InChI=1S/C14H17BF3NO3/c1-4-19-12(20)9-5-6-11(10(7-9)14(16,17)18)15-21-8-13(2,3)22-15/h5-7H,4,8H2,1-3H3,(H,19,20). The van der Waals surface area contributed by atoms with E-state index in [0.717, 1.165) is 6.07 Å². The molecule has 1 aliphatic heterocycles. The van der Waals surface area contributed by atoms with Gasteiger partial charge in [0.25, 0.3) is 5.91 Å². The van der Waals surface area contributed by atoms with Crippen LogP contribution in [0.3, 0.4) is 0 Å². The van der Waals surface area contributed by atoms with Gasteiger partial charge in [-0.05, 0) is 38.4 Å². The zero-order valence-corrected chi connectivity index (χ0v) is 12.6. The normalized spacial score (nSPS) is 17.6. The molecular weight excluding hydrogens is 298 g/mol. The van der Waals surface area contributed by atoms with Crippen LogP contribution in [0.15, 0.2) is 18.2 Å². The third-order valence-corrected chi connectivity index (χ3v) is 3.22. The molecule has 22 heavy (non-hydrogen) atoms. The average Bonchev–Trinajstić information content (AvgIpc) is 2.77. The summed E-state index contributed by atoms with van der Waals surface area (Å²) in [6.45, 7) is 5.71. The fourth-order valence-electron chi connectivity index (χ4n) is 2.20. The number of hydrogen-bond donors (Lipinski definition) is 1. The molecule has 1 aromatic rings. The highest BCUT2D eigenvalue weighted by Crippen LogP contribution is 2.30. The lowest BCUT2D eigenvalue weighted by atomic mass is 9.75.